The van der Waals surface area contributed by atoms with Gasteiger partial charge in [-0.15, -0.1) is 11.3 Å². The molecule has 0 bridgehead atoms. The average Bonchev–Trinajstić information content (AvgIpc) is 3.11. The minimum atomic E-state index is -2.62. The van der Waals surface area contributed by atoms with Crippen LogP contribution in [-0.2, 0) is 11.3 Å². The van der Waals surface area contributed by atoms with E-state index in [1.54, 1.807) is 0 Å². The predicted molar refractivity (Wildman–Crippen MR) is 79.4 cm³/mol. The van der Waals surface area contributed by atoms with Crippen LogP contribution in [0, 0.1) is 13.8 Å². The lowest BCUT2D eigenvalue weighted by molar-refractivity contribution is -0.117. The van der Waals surface area contributed by atoms with Gasteiger partial charge in [0.15, 0.2) is 5.13 Å². The fraction of sp³-hybridized carbons (Fsp3) is 0.500. The van der Waals surface area contributed by atoms with Crippen molar-refractivity contribution in [3.05, 3.63) is 28.0 Å². The number of rotatable bonds is 5. The van der Waals surface area contributed by atoms with E-state index < -0.39 is 6.43 Å². The summed E-state index contributed by atoms with van der Waals surface area (Å²) in [5, 5.41) is 7.08. The highest BCUT2D eigenvalue weighted by Gasteiger charge is 2.30. The van der Waals surface area contributed by atoms with Crippen LogP contribution in [0.1, 0.15) is 47.1 Å². The van der Waals surface area contributed by atoms with Crippen LogP contribution in [0.2, 0.25) is 0 Å². The van der Waals surface area contributed by atoms with E-state index in [1.165, 1.54) is 22.1 Å². The van der Waals surface area contributed by atoms with Gasteiger partial charge in [-0.25, -0.2) is 13.8 Å². The van der Waals surface area contributed by atoms with E-state index in [0.717, 1.165) is 29.1 Å². The third-order valence-electron chi connectivity index (χ3n) is 3.62. The highest BCUT2D eigenvalue weighted by atomic mass is 32.1. The summed E-state index contributed by atoms with van der Waals surface area (Å²) < 4.78 is 27.0. The number of carbonyl (C=O) groups is 1. The molecule has 8 heteroatoms. The van der Waals surface area contributed by atoms with Crippen molar-refractivity contribution in [1.82, 2.24) is 14.8 Å². The zero-order valence-electron chi connectivity index (χ0n) is 12.3. The number of amides is 1. The zero-order valence-corrected chi connectivity index (χ0v) is 13.1. The topological polar surface area (TPSA) is 59.8 Å². The molecule has 0 aliphatic heterocycles. The third-order valence-corrected chi connectivity index (χ3v) is 4.61. The molecule has 3 rings (SSSR count). The Morgan fingerprint density at radius 1 is 1.50 bits per heavy atom. The standard InChI is InChI=1S/C14H16F2N4OS/c1-7-8(2)22-14(17-7)18-12(21)6-20-11(9-3-4-9)5-10(19-20)13(15)16/h5,9,13H,3-4,6H2,1-2H3,(H,17,18,21). The maximum absolute atomic E-state index is 12.8. The lowest BCUT2D eigenvalue weighted by atomic mass is 10.2. The first-order chi connectivity index (χ1) is 10.4. The molecule has 2 aromatic rings. The summed E-state index contributed by atoms with van der Waals surface area (Å²) in [4.78, 5) is 17.4. The smallest absolute Gasteiger partial charge is 0.282 e. The molecule has 0 atom stereocenters. The van der Waals surface area contributed by atoms with Crippen LogP contribution in [0.15, 0.2) is 6.07 Å². The summed E-state index contributed by atoms with van der Waals surface area (Å²) in [5.41, 5.74) is 1.32. The number of nitrogens with one attached hydrogen (secondary N) is 1. The Kier molecular flexibility index (Phi) is 3.94. The number of hydrogen-bond acceptors (Lipinski definition) is 4. The summed E-state index contributed by atoms with van der Waals surface area (Å²) >= 11 is 1.39. The van der Waals surface area contributed by atoms with Crippen molar-refractivity contribution in [3.63, 3.8) is 0 Å². The first kappa shape index (κ1) is 15.1. The van der Waals surface area contributed by atoms with Gasteiger partial charge in [0.05, 0.1) is 5.69 Å². The van der Waals surface area contributed by atoms with Gasteiger partial charge >= 0.3 is 0 Å². The fourth-order valence-electron chi connectivity index (χ4n) is 2.21. The van der Waals surface area contributed by atoms with Crippen molar-refractivity contribution in [3.8, 4) is 0 Å². The fourth-order valence-corrected chi connectivity index (χ4v) is 3.04. The number of hydrogen-bond donors (Lipinski definition) is 1. The largest absolute Gasteiger partial charge is 0.300 e. The molecular weight excluding hydrogens is 310 g/mol. The molecule has 0 saturated heterocycles. The number of carbonyl (C=O) groups excluding carboxylic acids is 1. The van der Waals surface area contributed by atoms with Crippen molar-refractivity contribution < 1.29 is 13.6 Å². The van der Waals surface area contributed by atoms with Gasteiger partial charge in [0.1, 0.15) is 12.2 Å². The number of nitrogens with zero attached hydrogens (tertiary/aromatic N) is 3. The van der Waals surface area contributed by atoms with E-state index in [-0.39, 0.29) is 24.1 Å². The maximum Gasteiger partial charge on any atom is 0.282 e. The molecule has 0 spiro atoms. The Morgan fingerprint density at radius 3 is 2.77 bits per heavy atom. The number of anilines is 1. The zero-order chi connectivity index (χ0) is 15.9. The van der Waals surface area contributed by atoms with Gasteiger partial charge in [0.2, 0.25) is 5.91 Å². The molecular formula is C14H16F2N4OS. The molecule has 0 aromatic carbocycles. The van der Waals surface area contributed by atoms with Crippen LogP contribution in [0.5, 0.6) is 0 Å². The molecule has 22 heavy (non-hydrogen) atoms. The summed E-state index contributed by atoms with van der Waals surface area (Å²) in [5.74, 6) is -0.0586. The number of aromatic nitrogens is 3. The van der Waals surface area contributed by atoms with Gasteiger partial charge in [0.25, 0.3) is 6.43 Å². The summed E-state index contributed by atoms with van der Waals surface area (Å²) in [6.07, 6.45) is -0.701. The number of halogens is 2. The van der Waals surface area contributed by atoms with Gasteiger partial charge in [-0.05, 0) is 32.8 Å². The van der Waals surface area contributed by atoms with Crippen molar-refractivity contribution in [2.24, 2.45) is 0 Å². The molecule has 5 nitrogen and oxygen atoms in total. The second-order valence-electron chi connectivity index (χ2n) is 5.44. The van der Waals surface area contributed by atoms with Gasteiger partial charge in [-0.3, -0.25) is 9.48 Å². The highest BCUT2D eigenvalue weighted by molar-refractivity contribution is 7.15. The normalized spacial score (nSPS) is 14.6. The van der Waals surface area contributed by atoms with E-state index in [9.17, 15) is 13.6 Å². The number of aryl methyl sites for hydroxylation is 2. The third kappa shape index (κ3) is 3.16. The predicted octanol–water partition coefficient (Wildman–Crippen LogP) is 3.41. The molecule has 1 fully saturated rings. The Bertz CT molecular complexity index is 686. The van der Waals surface area contributed by atoms with Crippen LogP contribution in [0.25, 0.3) is 0 Å². The van der Waals surface area contributed by atoms with E-state index in [2.05, 4.69) is 15.4 Å². The minimum Gasteiger partial charge on any atom is -0.300 e. The van der Waals surface area contributed by atoms with Crippen LogP contribution in [-0.4, -0.2) is 20.7 Å². The summed E-state index contributed by atoms with van der Waals surface area (Å²) in [6, 6.07) is 1.41. The summed E-state index contributed by atoms with van der Waals surface area (Å²) in [6.45, 7) is 3.72. The molecule has 1 aliphatic carbocycles. The van der Waals surface area contributed by atoms with E-state index in [1.807, 2.05) is 13.8 Å². The highest BCUT2D eigenvalue weighted by Crippen LogP contribution is 2.41. The van der Waals surface area contributed by atoms with Crippen LogP contribution in [0.3, 0.4) is 0 Å². The van der Waals surface area contributed by atoms with Crippen molar-refractivity contribution in [2.75, 3.05) is 5.32 Å². The summed E-state index contributed by atoms with van der Waals surface area (Å²) in [7, 11) is 0. The number of thiazole rings is 1. The lowest BCUT2D eigenvalue weighted by Gasteiger charge is -2.06. The van der Waals surface area contributed by atoms with Crippen molar-refractivity contribution in [2.45, 2.75) is 45.6 Å². The van der Waals surface area contributed by atoms with Crippen LogP contribution < -0.4 is 5.32 Å². The quantitative estimate of drug-likeness (QED) is 0.916. The first-order valence-corrected chi connectivity index (χ1v) is 7.85. The second kappa shape index (κ2) is 5.75. The molecule has 0 unspecified atom stereocenters. The SMILES string of the molecule is Cc1nc(NC(=O)Cn2nc(C(F)F)cc2C2CC2)sc1C. The Labute approximate surface area is 130 Å². The molecule has 2 aromatic heterocycles. The maximum atomic E-state index is 12.8. The molecule has 1 amide bonds. The minimum absolute atomic E-state index is 0.0732. The average molecular weight is 326 g/mol. The van der Waals surface area contributed by atoms with Crippen LogP contribution >= 0.6 is 11.3 Å². The van der Waals surface area contributed by atoms with Crippen molar-refractivity contribution >= 4 is 22.4 Å². The molecule has 1 aliphatic rings. The van der Waals surface area contributed by atoms with Gasteiger partial charge in [-0.2, -0.15) is 5.10 Å². The monoisotopic (exact) mass is 326 g/mol. The Morgan fingerprint density at radius 2 is 2.23 bits per heavy atom. The van der Waals surface area contributed by atoms with Crippen LogP contribution in [0.4, 0.5) is 13.9 Å². The van der Waals surface area contributed by atoms with Gasteiger partial charge < -0.3 is 5.32 Å². The molecule has 1 N–H and O–H groups in total. The molecule has 1 saturated carbocycles. The Hall–Kier alpha value is -1.83. The van der Waals surface area contributed by atoms with E-state index >= 15 is 0 Å². The van der Waals surface area contributed by atoms with E-state index in [4.69, 9.17) is 0 Å². The number of alkyl halides is 2. The molecule has 118 valence electrons. The Balaban J connectivity index is 1.73. The lowest BCUT2D eigenvalue weighted by Crippen LogP contribution is -2.20. The molecule has 2 heterocycles. The second-order valence-corrected chi connectivity index (χ2v) is 6.64. The van der Waals surface area contributed by atoms with Gasteiger partial charge in [0, 0.05) is 16.5 Å². The molecule has 0 radical (unpaired) electrons. The van der Waals surface area contributed by atoms with Gasteiger partial charge in [-0.1, -0.05) is 0 Å². The van der Waals surface area contributed by atoms with E-state index in [0.29, 0.717) is 5.13 Å². The first-order valence-electron chi connectivity index (χ1n) is 7.03. The van der Waals surface area contributed by atoms with Crippen molar-refractivity contribution in [1.29, 1.82) is 0 Å².